The maximum Gasteiger partial charge on any atom is 0.410 e. The van der Waals surface area contributed by atoms with Crippen molar-refractivity contribution in [2.24, 2.45) is 0 Å². The van der Waals surface area contributed by atoms with Crippen LogP contribution in [0.25, 0.3) is 0 Å². The summed E-state index contributed by atoms with van der Waals surface area (Å²) in [4.78, 5) is 27.7. The summed E-state index contributed by atoms with van der Waals surface area (Å²) in [6, 6.07) is 19.7. The molecule has 2 amide bonds. The van der Waals surface area contributed by atoms with Crippen LogP contribution in [0.15, 0.2) is 60.7 Å². The molecule has 37 heavy (non-hydrogen) atoms. The Morgan fingerprint density at radius 3 is 2.05 bits per heavy atom. The van der Waals surface area contributed by atoms with Crippen LogP contribution in [-0.2, 0) is 22.6 Å². The Kier molecular flexibility index (Phi) is 8.75. The Labute approximate surface area is 220 Å². The minimum Gasteiger partial charge on any atom is -0.445 e. The zero-order valence-corrected chi connectivity index (χ0v) is 22.0. The summed E-state index contributed by atoms with van der Waals surface area (Å²) in [6.07, 6.45) is 4.92. The van der Waals surface area contributed by atoms with Crippen LogP contribution in [-0.4, -0.2) is 45.5 Å². The molecule has 0 aliphatic heterocycles. The maximum absolute atomic E-state index is 13.2. The summed E-state index contributed by atoms with van der Waals surface area (Å²) < 4.78 is 11.6. The highest BCUT2D eigenvalue weighted by molar-refractivity contribution is 5.69. The predicted octanol–water partition coefficient (Wildman–Crippen LogP) is 5.95. The summed E-state index contributed by atoms with van der Waals surface area (Å²) in [7, 11) is 0. The van der Waals surface area contributed by atoms with Crippen molar-refractivity contribution in [2.75, 3.05) is 0 Å². The number of amides is 2. The van der Waals surface area contributed by atoms with Gasteiger partial charge in [0, 0.05) is 18.6 Å². The van der Waals surface area contributed by atoms with Crippen molar-refractivity contribution in [1.29, 1.82) is 0 Å². The van der Waals surface area contributed by atoms with Crippen molar-refractivity contribution in [3.63, 3.8) is 0 Å². The molecule has 200 valence electrons. The van der Waals surface area contributed by atoms with E-state index in [2.05, 4.69) is 5.32 Å². The van der Waals surface area contributed by atoms with Crippen LogP contribution in [0, 0.1) is 0 Å². The molecular formula is C30H40N2O5. The maximum atomic E-state index is 13.2. The molecule has 2 aromatic carbocycles. The van der Waals surface area contributed by atoms with Crippen molar-refractivity contribution >= 4 is 12.2 Å². The first-order valence-electron chi connectivity index (χ1n) is 13.4. The van der Waals surface area contributed by atoms with Crippen LogP contribution in [0.2, 0.25) is 0 Å². The van der Waals surface area contributed by atoms with Gasteiger partial charge < -0.3 is 24.8 Å². The largest absolute Gasteiger partial charge is 0.445 e. The Bertz CT molecular complexity index is 1010. The molecule has 2 saturated carbocycles. The number of nitrogens with zero attached hydrogens (tertiary/aromatic N) is 1. The van der Waals surface area contributed by atoms with Gasteiger partial charge >= 0.3 is 12.2 Å². The Balaban J connectivity index is 1.33. The first-order valence-corrected chi connectivity index (χ1v) is 13.4. The van der Waals surface area contributed by atoms with Crippen molar-refractivity contribution in [1.82, 2.24) is 10.2 Å². The molecule has 2 fully saturated rings. The smallest absolute Gasteiger partial charge is 0.410 e. The van der Waals surface area contributed by atoms with Gasteiger partial charge in [-0.3, -0.25) is 0 Å². The minimum atomic E-state index is -0.639. The predicted molar refractivity (Wildman–Crippen MR) is 142 cm³/mol. The minimum absolute atomic E-state index is 0.00351. The molecule has 0 bridgehead atoms. The van der Waals surface area contributed by atoms with Gasteiger partial charge in [-0.1, -0.05) is 60.7 Å². The third-order valence-corrected chi connectivity index (χ3v) is 7.81. The van der Waals surface area contributed by atoms with E-state index in [0.717, 1.165) is 36.8 Å². The first-order chi connectivity index (χ1) is 17.7. The molecule has 0 spiro atoms. The van der Waals surface area contributed by atoms with Gasteiger partial charge in [-0.15, -0.1) is 0 Å². The van der Waals surface area contributed by atoms with Crippen LogP contribution in [0.3, 0.4) is 0 Å². The Hall–Kier alpha value is -3.06. The average molecular weight is 509 g/mol. The SMILES string of the molecule is CC1(O)CCC(NC(=O)OC2(C)CCC(N(Cc3ccccc3)C(=O)OCc3ccccc3)CC2)CC1. The van der Waals surface area contributed by atoms with Gasteiger partial charge in [0.25, 0.3) is 0 Å². The number of ether oxygens (including phenoxy) is 2. The molecular weight excluding hydrogens is 468 g/mol. The fourth-order valence-corrected chi connectivity index (χ4v) is 5.36. The number of rotatable bonds is 7. The number of aliphatic hydroxyl groups is 1. The Morgan fingerprint density at radius 2 is 1.46 bits per heavy atom. The second-order valence-corrected chi connectivity index (χ2v) is 11.1. The number of carbonyl (C=O) groups is 2. The molecule has 2 aromatic rings. The molecule has 7 nitrogen and oxygen atoms in total. The van der Waals surface area contributed by atoms with Crippen LogP contribution in [0.1, 0.15) is 76.3 Å². The average Bonchev–Trinajstić information content (AvgIpc) is 2.89. The highest BCUT2D eigenvalue weighted by atomic mass is 16.6. The van der Waals surface area contributed by atoms with E-state index >= 15 is 0 Å². The van der Waals surface area contributed by atoms with Gasteiger partial charge in [-0.25, -0.2) is 9.59 Å². The van der Waals surface area contributed by atoms with E-state index in [1.165, 1.54) is 0 Å². The molecule has 0 saturated heterocycles. The van der Waals surface area contributed by atoms with E-state index in [1.807, 2.05) is 79.4 Å². The zero-order valence-electron chi connectivity index (χ0n) is 22.0. The van der Waals surface area contributed by atoms with Crippen LogP contribution >= 0.6 is 0 Å². The van der Waals surface area contributed by atoms with E-state index in [9.17, 15) is 14.7 Å². The van der Waals surface area contributed by atoms with Gasteiger partial charge in [0.05, 0.1) is 5.60 Å². The van der Waals surface area contributed by atoms with E-state index in [0.29, 0.717) is 32.2 Å². The highest BCUT2D eigenvalue weighted by Gasteiger charge is 2.39. The van der Waals surface area contributed by atoms with Crippen molar-refractivity contribution in [3.8, 4) is 0 Å². The molecule has 0 atom stereocenters. The van der Waals surface area contributed by atoms with Crippen molar-refractivity contribution < 1.29 is 24.2 Å². The van der Waals surface area contributed by atoms with Gasteiger partial charge in [0.1, 0.15) is 12.2 Å². The summed E-state index contributed by atoms with van der Waals surface area (Å²) >= 11 is 0. The summed E-state index contributed by atoms with van der Waals surface area (Å²) in [5, 5.41) is 13.1. The lowest BCUT2D eigenvalue weighted by Crippen LogP contribution is -2.49. The molecule has 0 radical (unpaired) electrons. The topological polar surface area (TPSA) is 88.1 Å². The molecule has 2 aliphatic rings. The van der Waals surface area contributed by atoms with E-state index < -0.39 is 17.3 Å². The van der Waals surface area contributed by atoms with E-state index in [-0.39, 0.29) is 24.8 Å². The number of benzene rings is 2. The fraction of sp³-hybridized carbons (Fsp3) is 0.533. The van der Waals surface area contributed by atoms with Gasteiger partial charge in [-0.2, -0.15) is 0 Å². The standard InChI is InChI=1S/C30H40N2O5/c1-29(35)17-13-25(14-18-29)31-27(33)37-30(2)19-15-26(16-20-30)32(21-23-9-5-3-6-10-23)28(34)36-22-24-11-7-4-8-12-24/h3-12,25-26,35H,13-22H2,1-2H3,(H,31,33). The lowest BCUT2D eigenvalue weighted by Gasteiger charge is -2.41. The monoisotopic (exact) mass is 508 g/mol. The molecule has 4 rings (SSSR count). The third kappa shape index (κ3) is 7.96. The number of hydrogen-bond donors (Lipinski definition) is 2. The van der Waals surface area contributed by atoms with Gasteiger partial charge in [0.15, 0.2) is 0 Å². The molecule has 0 aromatic heterocycles. The van der Waals surface area contributed by atoms with Crippen LogP contribution in [0.4, 0.5) is 9.59 Å². The normalized spacial score (nSPS) is 27.6. The first kappa shape index (κ1) is 27.0. The molecule has 2 N–H and O–H groups in total. The van der Waals surface area contributed by atoms with Crippen molar-refractivity contribution in [2.45, 2.75) is 102 Å². The molecule has 0 heterocycles. The zero-order chi connectivity index (χ0) is 26.3. The quantitative estimate of drug-likeness (QED) is 0.483. The summed E-state index contributed by atoms with van der Waals surface area (Å²) in [6.45, 7) is 4.53. The number of hydrogen-bond acceptors (Lipinski definition) is 5. The number of alkyl carbamates (subject to hydrolysis) is 1. The summed E-state index contributed by atoms with van der Waals surface area (Å²) in [5.41, 5.74) is 0.787. The second-order valence-electron chi connectivity index (χ2n) is 11.1. The lowest BCUT2D eigenvalue weighted by atomic mass is 9.82. The molecule has 0 unspecified atom stereocenters. The van der Waals surface area contributed by atoms with Crippen LogP contribution in [0.5, 0.6) is 0 Å². The third-order valence-electron chi connectivity index (χ3n) is 7.81. The lowest BCUT2D eigenvalue weighted by molar-refractivity contribution is -0.0274. The number of carbonyl (C=O) groups excluding carboxylic acids is 2. The van der Waals surface area contributed by atoms with E-state index in [4.69, 9.17) is 9.47 Å². The van der Waals surface area contributed by atoms with Crippen LogP contribution < -0.4 is 5.32 Å². The Morgan fingerprint density at radius 1 is 0.892 bits per heavy atom. The van der Waals surface area contributed by atoms with Crippen molar-refractivity contribution in [3.05, 3.63) is 71.8 Å². The second kappa shape index (κ2) is 12.0. The molecule has 7 heteroatoms. The van der Waals surface area contributed by atoms with Gasteiger partial charge in [0.2, 0.25) is 0 Å². The highest BCUT2D eigenvalue weighted by Crippen LogP contribution is 2.35. The number of nitrogens with one attached hydrogen (secondary N) is 1. The molecule has 2 aliphatic carbocycles. The summed E-state index contributed by atoms with van der Waals surface area (Å²) in [5.74, 6) is 0. The van der Waals surface area contributed by atoms with Gasteiger partial charge in [-0.05, 0) is 76.3 Å². The van der Waals surface area contributed by atoms with E-state index in [1.54, 1.807) is 0 Å². The fourth-order valence-electron chi connectivity index (χ4n) is 5.36.